The van der Waals surface area contributed by atoms with E-state index in [1.807, 2.05) is 18.3 Å². The Morgan fingerprint density at radius 1 is 1.37 bits per heavy atom. The predicted molar refractivity (Wildman–Crippen MR) is 81.3 cm³/mol. The van der Waals surface area contributed by atoms with Crippen molar-refractivity contribution in [3.63, 3.8) is 0 Å². The number of benzene rings is 1. The number of nitrogens with one attached hydrogen (secondary N) is 2. The van der Waals surface area contributed by atoms with E-state index in [-0.39, 0.29) is 5.91 Å². The highest BCUT2D eigenvalue weighted by Gasteiger charge is 2.24. The number of amides is 1. The molecule has 3 rings (SSSR count). The Morgan fingerprint density at radius 3 is 3.00 bits per heavy atom. The molecule has 0 spiro atoms. The number of hydrogen-bond donors (Lipinski definition) is 2. The number of nitrogens with zero attached hydrogens (tertiary/aromatic N) is 1. The van der Waals surface area contributed by atoms with Crippen LogP contribution in [0, 0.1) is 0 Å². The van der Waals surface area contributed by atoms with Gasteiger partial charge in [0.1, 0.15) is 0 Å². The second kappa shape index (κ2) is 5.22. The molecule has 0 bridgehead atoms. The average molecular weight is 291 g/mol. The summed E-state index contributed by atoms with van der Waals surface area (Å²) >= 11 is 6.82. The Morgan fingerprint density at radius 2 is 2.21 bits per heavy atom. The van der Waals surface area contributed by atoms with E-state index < -0.39 is 0 Å². The van der Waals surface area contributed by atoms with Crippen molar-refractivity contribution in [2.45, 2.75) is 4.90 Å². The summed E-state index contributed by atoms with van der Waals surface area (Å²) in [5, 5.41) is 4.65. The van der Waals surface area contributed by atoms with Crippen molar-refractivity contribution in [2.75, 3.05) is 18.8 Å². The number of hydrogen-bond acceptors (Lipinski definition) is 3. The summed E-state index contributed by atoms with van der Waals surface area (Å²) in [5.74, 6) is 0.889. The van der Waals surface area contributed by atoms with Gasteiger partial charge in [0.2, 0.25) is 5.91 Å². The van der Waals surface area contributed by atoms with E-state index in [0.717, 1.165) is 11.3 Å². The van der Waals surface area contributed by atoms with Crippen molar-refractivity contribution in [1.29, 1.82) is 0 Å². The van der Waals surface area contributed by atoms with Crippen LogP contribution in [0.1, 0.15) is 0 Å². The van der Waals surface area contributed by atoms with Crippen molar-refractivity contribution in [3.05, 3.63) is 30.5 Å². The van der Waals surface area contributed by atoms with Crippen LogP contribution >= 0.6 is 24.0 Å². The van der Waals surface area contributed by atoms with Gasteiger partial charge in [0.25, 0.3) is 0 Å². The van der Waals surface area contributed by atoms with Crippen molar-refractivity contribution >= 4 is 45.9 Å². The topological polar surface area (TPSA) is 48.1 Å². The van der Waals surface area contributed by atoms with E-state index in [4.69, 9.17) is 12.2 Å². The van der Waals surface area contributed by atoms with Crippen LogP contribution in [-0.4, -0.2) is 39.7 Å². The van der Waals surface area contributed by atoms with Gasteiger partial charge in [-0.1, -0.05) is 18.2 Å². The van der Waals surface area contributed by atoms with E-state index >= 15 is 0 Å². The molecule has 1 aliphatic heterocycles. The standard InChI is InChI=1S/C13H13N3OS2/c17-12-8-15-13(18)16(12)5-6-19-11-7-14-10-4-2-1-3-9(10)11/h1-4,7,14H,5-6,8H2,(H,15,18). The van der Waals surface area contributed by atoms with E-state index in [2.05, 4.69) is 22.4 Å². The highest BCUT2D eigenvalue weighted by molar-refractivity contribution is 7.99. The quantitative estimate of drug-likeness (QED) is 0.668. The van der Waals surface area contributed by atoms with Gasteiger partial charge in [-0.25, -0.2) is 0 Å². The summed E-state index contributed by atoms with van der Waals surface area (Å²) in [4.78, 5) is 17.6. The molecule has 2 N–H and O–H groups in total. The number of H-pyrrole nitrogens is 1. The van der Waals surface area contributed by atoms with E-state index in [9.17, 15) is 4.79 Å². The average Bonchev–Trinajstić information content (AvgIpc) is 2.97. The van der Waals surface area contributed by atoms with Crippen molar-refractivity contribution in [1.82, 2.24) is 15.2 Å². The maximum atomic E-state index is 11.5. The first kappa shape index (κ1) is 12.5. The lowest BCUT2D eigenvalue weighted by Crippen LogP contribution is -2.32. The summed E-state index contributed by atoms with van der Waals surface area (Å²) < 4.78 is 0. The zero-order chi connectivity index (χ0) is 13.2. The third-order valence-corrected chi connectivity index (χ3v) is 4.46. The highest BCUT2D eigenvalue weighted by Crippen LogP contribution is 2.27. The number of carbonyl (C=O) groups excluding carboxylic acids is 1. The maximum Gasteiger partial charge on any atom is 0.248 e. The molecule has 98 valence electrons. The van der Waals surface area contributed by atoms with Crippen molar-refractivity contribution < 1.29 is 4.79 Å². The van der Waals surface area contributed by atoms with Gasteiger partial charge in [0, 0.05) is 34.3 Å². The summed E-state index contributed by atoms with van der Waals surface area (Å²) in [7, 11) is 0. The minimum Gasteiger partial charge on any atom is -0.360 e. The predicted octanol–water partition coefficient (Wildman–Crippen LogP) is 1.98. The molecule has 4 nitrogen and oxygen atoms in total. The first-order chi connectivity index (χ1) is 9.25. The van der Waals surface area contributed by atoms with E-state index in [1.54, 1.807) is 16.7 Å². The molecule has 1 fully saturated rings. The Bertz CT molecular complexity index is 622. The second-order valence-electron chi connectivity index (χ2n) is 4.25. The van der Waals surface area contributed by atoms with Gasteiger partial charge in [-0.3, -0.25) is 9.69 Å². The third-order valence-electron chi connectivity index (χ3n) is 3.06. The fourth-order valence-corrected chi connectivity index (χ4v) is 3.33. The lowest BCUT2D eigenvalue weighted by molar-refractivity contribution is -0.124. The molecule has 1 aromatic carbocycles. The fourth-order valence-electron chi connectivity index (χ4n) is 2.09. The maximum absolute atomic E-state index is 11.5. The number of aromatic amines is 1. The normalized spacial score (nSPS) is 15.3. The highest BCUT2D eigenvalue weighted by atomic mass is 32.2. The monoisotopic (exact) mass is 291 g/mol. The fraction of sp³-hybridized carbons (Fsp3) is 0.231. The van der Waals surface area contributed by atoms with Crippen LogP contribution in [0.25, 0.3) is 10.9 Å². The number of thioether (sulfide) groups is 1. The first-order valence-electron chi connectivity index (χ1n) is 6.03. The summed E-state index contributed by atoms with van der Waals surface area (Å²) in [6, 6.07) is 8.20. The van der Waals surface area contributed by atoms with Crippen molar-refractivity contribution in [3.8, 4) is 0 Å². The number of carbonyl (C=O) groups is 1. The number of rotatable bonds is 4. The Hall–Kier alpha value is -1.53. The number of aromatic nitrogens is 1. The summed E-state index contributed by atoms with van der Waals surface area (Å²) in [5.41, 5.74) is 1.14. The number of thiocarbonyl (C=S) groups is 1. The third kappa shape index (κ3) is 2.46. The molecule has 2 heterocycles. The van der Waals surface area contributed by atoms with Gasteiger partial charge in [-0.15, -0.1) is 11.8 Å². The lowest BCUT2D eigenvalue weighted by Gasteiger charge is -2.13. The lowest BCUT2D eigenvalue weighted by atomic mass is 10.2. The zero-order valence-corrected chi connectivity index (χ0v) is 11.8. The minimum absolute atomic E-state index is 0.0597. The zero-order valence-electron chi connectivity index (χ0n) is 10.2. The number of para-hydroxylation sites is 1. The smallest absolute Gasteiger partial charge is 0.248 e. The van der Waals surface area contributed by atoms with Crippen LogP contribution in [0.3, 0.4) is 0 Å². The number of fused-ring (bicyclic) bond motifs is 1. The van der Waals surface area contributed by atoms with Gasteiger partial charge < -0.3 is 10.3 Å². The molecule has 0 atom stereocenters. The molecule has 1 aliphatic rings. The van der Waals surface area contributed by atoms with E-state index in [1.165, 1.54) is 10.3 Å². The van der Waals surface area contributed by atoms with Gasteiger partial charge in [0.15, 0.2) is 5.11 Å². The van der Waals surface area contributed by atoms with Crippen LogP contribution in [0.2, 0.25) is 0 Å². The summed E-state index contributed by atoms with van der Waals surface area (Å²) in [6.07, 6.45) is 2.01. The second-order valence-corrected chi connectivity index (χ2v) is 5.77. The van der Waals surface area contributed by atoms with Crippen LogP contribution in [-0.2, 0) is 4.79 Å². The van der Waals surface area contributed by atoms with E-state index in [0.29, 0.717) is 18.2 Å². The summed E-state index contributed by atoms with van der Waals surface area (Å²) in [6.45, 7) is 0.978. The SMILES string of the molecule is O=C1CNC(=S)N1CCSc1c[nH]c2ccccc12. The molecule has 0 aliphatic carbocycles. The van der Waals surface area contributed by atoms with Crippen molar-refractivity contribution in [2.24, 2.45) is 0 Å². The molecule has 2 aromatic rings. The molecule has 0 unspecified atom stereocenters. The largest absolute Gasteiger partial charge is 0.360 e. The van der Waals surface area contributed by atoms with Gasteiger partial charge >= 0.3 is 0 Å². The first-order valence-corrected chi connectivity index (χ1v) is 7.42. The molecule has 0 radical (unpaired) electrons. The molecular formula is C13H13N3OS2. The molecule has 19 heavy (non-hydrogen) atoms. The van der Waals surface area contributed by atoms with Gasteiger partial charge in [-0.05, 0) is 18.3 Å². The molecule has 1 saturated heterocycles. The Kier molecular flexibility index (Phi) is 3.44. The van der Waals surface area contributed by atoms with Crippen LogP contribution in [0.15, 0.2) is 35.4 Å². The molecular weight excluding hydrogens is 278 g/mol. The van der Waals surface area contributed by atoms with Gasteiger partial charge in [0.05, 0.1) is 6.54 Å². The Labute approximate surface area is 120 Å². The Balaban J connectivity index is 1.63. The van der Waals surface area contributed by atoms with Crippen LogP contribution < -0.4 is 5.32 Å². The van der Waals surface area contributed by atoms with Gasteiger partial charge in [-0.2, -0.15) is 0 Å². The molecule has 1 aromatic heterocycles. The molecule has 1 amide bonds. The molecule has 6 heteroatoms. The van der Waals surface area contributed by atoms with Crippen LogP contribution in [0.5, 0.6) is 0 Å². The molecule has 0 saturated carbocycles. The van der Waals surface area contributed by atoms with Crippen LogP contribution in [0.4, 0.5) is 0 Å². The minimum atomic E-state index is 0.0597.